The minimum absolute atomic E-state index is 0.0402. The molecule has 2 aromatic heterocycles. The summed E-state index contributed by atoms with van der Waals surface area (Å²) in [4.78, 5) is 37.5. The van der Waals surface area contributed by atoms with Crippen LogP contribution in [0.5, 0.6) is 11.5 Å². The van der Waals surface area contributed by atoms with Crippen LogP contribution in [-0.4, -0.2) is 24.1 Å². The zero-order valence-electron chi connectivity index (χ0n) is 17.8. The number of hydrogen-bond acceptors (Lipinski definition) is 8. The Morgan fingerprint density at radius 3 is 2.44 bits per heavy atom. The number of ether oxygens (including phenoxy) is 2. The molecule has 0 radical (unpaired) electrons. The van der Waals surface area contributed by atoms with Crippen LogP contribution in [-0.2, 0) is 9.59 Å². The Labute approximate surface area is 202 Å². The van der Waals surface area contributed by atoms with Crippen molar-refractivity contribution >= 4 is 51.0 Å². The summed E-state index contributed by atoms with van der Waals surface area (Å²) in [5.41, 5.74) is 1.10. The van der Waals surface area contributed by atoms with E-state index in [1.807, 2.05) is 35.7 Å². The van der Waals surface area contributed by atoms with E-state index in [-0.39, 0.29) is 41.7 Å². The molecule has 0 bridgehead atoms. The summed E-state index contributed by atoms with van der Waals surface area (Å²) in [6, 6.07) is 18.0. The van der Waals surface area contributed by atoms with Crippen molar-refractivity contribution in [3.8, 4) is 22.1 Å². The number of thioether (sulfide) groups is 1. The highest BCUT2D eigenvalue weighted by molar-refractivity contribution is 8.18. The van der Waals surface area contributed by atoms with Gasteiger partial charge in [0, 0.05) is 0 Å². The van der Waals surface area contributed by atoms with Crippen LogP contribution in [0.1, 0.15) is 12.0 Å². The highest BCUT2D eigenvalue weighted by atomic mass is 32.2. The van der Waals surface area contributed by atoms with Gasteiger partial charge in [0.15, 0.2) is 11.5 Å². The summed E-state index contributed by atoms with van der Waals surface area (Å²) in [5.74, 6) is 1.05. The molecule has 0 unspecified atom stereocenters. The van der Waals surface area contributed by atoms with Crippen molar-refractivity contribution in [2.24, 2.45) is 0 Å². The number of hydrogen-bond donors (Lipinski definition) is 0. The first kappa shape index (κ1) is 22.2. The molecule has 0 aliphatic carbocycles. The number of rotatable bonds is 7. The molecular weight excluding hydrogens is 472 g/mol. The maximum absolute atomic E-state index is 13.1. The topological polar surface area (TPSA) is 82.8 Å². The van der Waals surface area contributed by atoms with Crippen LogP contribution >= 0.6 is 23.1 Å². The van der Waals surface area contributed by atoms with E-state index in [2.05, 4.69) is 0 Å². The van der Waals surface area contributed by atoms with Gasteiger partial charge in [0.2, 0.25) is 16.3 Å². The van der Waals surface area contributed by atoms with Gasteiger partial charge in [-0.05, 0) is 59.1 Å². The third-order valence-corrected chi connectivity index (χ3v) is 6.89. The van der Waals surface area contributed by atoms with Crippen molar-refractivity contribution in [3.63, 3.8) is 0 Å². The van der Waals surface area contributed by atoms with Crippen molar-refractivity contribution in [2.45, 2.75) is 6.42 Å². The highest BCUT2D eigenvalue weighted by Gasteiger charge is 2.25. The molecule has 5 rings (SSSR count). The second-order valence-electron chi connectivity index (χ2n) is 7.41. The average molecular weight is 491 g/mol. The van der Waals surface area contributed by atoms with Gasteiger partial charge in [-0.3, -0.25) is 14.4 Å². The van der Waals surface area contributed by atoms with Crippen molar-refractivity contribution in [1.29, 1.82) is 0 Å². The van der Waals surface area contributed by atoms with Gasteiger partial charge in [-0.2, -0.15) is 0 Å². The third kappa shape index (κ3) is 4.69. The summed E-state index contributed by atoms with van der Waals surface area (Å²) in [6.07, 6.45) is 1.66. The first-order valence-electron chi connectivity index (χ1n) is 10.5. The van der Waals surface area contributed by atoms with E-state index < -0.39 is 0 Å². The van der Waals surface area contributed by atoms with E-state index in [0.29, 0.717) is 27.4 Å². The summed E-state index contributed by atoms with van der Waals surface area (Å²) < 4.78 is 17.6. The van der Waals surface area contributed by atoms with Crippen molar-refractivity contribution < 1.29 is 23.5 Å². The Morgan fingerprint density at radius 2 is 1.71 bits per heavy atom. The number of Topliss-reactive ketones (excluding diaryl/α,β-unsaturated/α-hetero) is 1. The molecule has 0 spiro atoms. The Bertz CT molecular complexity index is 1450. The quantitative estimate of drug-likeness (QED) is 0.191. The standard InChI is InChI=1S/C26H18O6S2/c27-19-15-23(28)34-22(19)14-16-7-9-17(10-8-16)30-11-12-31-26-24(29)18-4-1-2-5-20(18)32-25(26)21-6-3-13-33-21/h1-10,13-14H,11-12,15H2/b22-14-. The van der Waals surface area contributed by atoms with E-state index in [9.17, 15) is 14.4 Å². The molecule has 4 aromatic rings. The van der Waals surface area contributed by atoms with E-state index in [4.69, 9.17) is 13.9 Å². The zero-order valence-corrected chi connectivity index (χ0v) is 19.4. The lowest BCUT2D eigenvalue weighted by atomic mass is 10.1. The van der Waals surface area contributed by atoms with Crippen molar-refractivity contribution in [1.82, 2.24) is 0 Å². The smallest absolute Gasteiger partial charge is 0.235 e. The molecule has 1 fully saturated rings. The molecule has 1 saturated heterocycles. The Balaban J connectivity index is 1.26. The van der Waals surface area contributed by atoms with E-state index in [0.717, 1.165) is 22.2 Å². The first-order chi connectivity index (χ1) is 16.6. The predicted octanol–water partition coefficient (Wildman–Crippen LogP) is 5.55. The van der Waals surface area contributed by atoms with Gasteiger partial charge >= 0.3 is 0 Å². The average Bonchev–Trinajstić information content (AvgIpc) is 3.48. The molecule has 1 aliphatic rings. The summed E-state index contributed by atoms with van der Waals surface area (Å²) in [7, 11) is 0. The predicted molar refractivity (Wildman–Crippen MR) is 133 cm³/mol. The largest absolute Gasteiger partial charge is 0.490 e. The first-order valence-corrected chi connectivity index (χ1v) is 12.2. The normalized spacial score (nSPS) is 14.8. The van der Waals surface area contributed by atoms with Crippen LogP contribution in [0.3, 0.4) is 0 Å². The number of fused-ring (bicyclic) bond motifs is 1. The van der Waals surface area contributed by atoms with Crippen LogP contribution in [0, 0.1) is 0 Å². The Kier molecular flexibility index (Phi) is 6.33. The highest BCUT2D eigenvalue weighted by Crippen LogP contribution is 2.34. The second-order valence-corrected chi connectivity index (χ2v) is 9.46. The minimum atomic E-state index is -0.222. The van der Waals surface area contributed by atoms with Gasteiger partial charge in [-0.25, -0.2) is 0 Å². The number of benzene rings is 2. The zero-order chi connectivity index (χ0) is 23.5. The van der Waals surface area contributed by atoms with Crippen LogP contribution in [0.15, 0.2) is 80.2 Å². The number of ketones is 1. The van der Waals surface area contributed by atoms with Gasteiger partial charge in [0.05, 0.1) is 21.6 Å². The van der Waals surface area contributed by atoms with Gasteiger partial charge in [0.25, 0.3) is 0 Å². The molecule has 170 valence electrons. The monoisotopic (exact) mass is 490 g/mol. The van der Waals surface area contributed by atoms with Gasteiger partial charge in [-0.15, -0.1) is 11.3 Å². The fourth-order valence-corrected chi connectivity index (χ4v) is 5.02. The van der Waals surface area contributed by atoms with Gasteiger partial charge < -0.3 is 13.9 Å². The third-order valence-electron chi connectivity index (χ3n) is 5.08. The number of para-hydroxylation sites is 1. The number of thiophene rings is 1. The molecule has 2 aromatic carbocycles. The molecule has 0 N–H and O–H groups in total. The van der Waals surface area contributed by atoms with Crippen molar-refractivity contribution in [3.05, 3.63) is 86.7 Å². The van der Waals surface area contributed by atoms with E-state index >= 15 is 0 Å². The second kappa shape index (κ2) is 9.70. The molecular formula is C26H18O6S2. The molecule has 0 amide bonds. The Morgan fingerprint density at radius 1 is 0.912 bits per heavy atom. The van der Waals surface area contributed by atoms with E-state index in [1.54, 1.807) is 36.4 Å². The fraction of sp³-hybridized carbons (Fsp3) is 0.115. The lowest BCUT2D eigenvalue weighted by Gasteiger charge is -2.11. The fourth-order valence-electron chi connectivity index (χ4n) is 3.48. The molecule has 0 saturated carbocycles. The molecule has 0 atom stereocenters. The van der Waals surface area contributed by atoms with E-state index in [1.165, 1.54) is 11.3 Å². The van der Waals surface area contributed by atoms with Crippen LogP contribution in [0.25, 0.3) is 27.7 Å². The van der Waals surface area contributed by atoms with Crippen LogP contribution in [0.2, 0.25) is 0 Å². The maximum atomic E-state index is 13.1. The molecule has 3 heterocycles. The minimum Gasteiger partial charge on any atom is -0.490 e. The molecule has 1 aliphatic heterocycles. The Hall–Kier alpha value is -3.62. The SMILES string of the molecule is O=C1CC(=O)/C(=C/c2ccc(OCCOc3c(-c4cccs4)oc4ccccc4c3=O)cc2)S1. The van der Waals surface area contributed by atoms with Gasteiger partial charge in [0.1, 0.15) is 24.5 Å². The van der Waals surface area contributed by atoms with Crippen molar-refractivity contribution in [2.75, 3.05) is 13.2 Å². The van der Waals surface area contributed by atoms with Crippen LogP contribution in [0.4, 0.5) is 0 Å². The summed E-state index contributed by atoms with van der Waals surface area (Å²) in [6.45, 7) is 0.375. The molecule has 34 heavy (non-hydrogen) atoms. The summed E-state index contributed by atoms with van der Waals surface area (Å²) in [5, 5.41) is 2.25. The number of carbonyl (C=O) groups excluding carboxylic acids is 2. The number of carbonyl (C=O) groups is 2. The molecule has 8 heteroatoms. The summed E-state index contributed by atoms with van der Waals surface area (Å²) >= 11 is 2.45. The van der Waals surface area contributed by atoms with Crippen LogP contribution < -0.4 is 14.9 Å². The maximum Gasteiger partial charge on any atom is 0.235 e. The molecule has 6 nitrogen and oxygen atoms in total. The lowest BCUT2D eigenvalue weighted by Crippen LogP contribution is -2.15. The van der Waals surface area contributed by atoms with Gasteiger partial charge in [-0.1, -0.05) is 30.3 Å². The number of allylic oxidation sites excluding steroid dienone is 1. The lowest BCUT2D eigenvalue weighted by molar-refractivity contribution is -0.119.